The van der Waals surface area contributed by atoms with Crippen LogP contribution in [0.5, 0.6) is 0 Å². The zero-order valence-corrected chi connectivity index (χ0v) is 22.7. The fraction of sp³-hybridized carbons (Fsp3) is 0.913. The van der Waals surface area contributed by atoms with E-state index in [9.17, 15) is 50.4 Å². The molecule has 4 rings (SSSR count). The third-order valence-electron chi connectivity index (χ3n) is 7.85. The molecule has 4 aliphatic heterocycles. The Labute approximate surface area is 243 Å². The van der Waals surface area contributed by atoms with Crippen molar-refractivity contribution < 1.29 is 83.6 Å². The minimum absolute atomic E-state index is 0.0438. The quantitative estimate of drug-likeness (QED) is 0.116. The summed E-state index contributed by atoms with van der Waals surface area (Å²) in [6.07, 6.45) is -17.3. The number of carbonyl (C=O) groups is 2. The Morgan fingerprint density at radius 2 is 1.30 bits per heavy atom. The van der Waals surface area contributed by atoms with Crippen LogP contribution >= 0.6 is 0 Å². The number of ether oxygens (including phenoxy) is 7. The average Bonchev–Trinajstić information content (AvgIpc) is 3.02. The van der Waals surface area contributed by atoms with Crippen molar-refractivity contribution in [2.45, 2.75) is 111 Å². The number of aliphatic hydroxyl groups is 8. The minimum atomic E-state index is -3.19. The Morgan fingerprint density at radius 1 is 0.767 bits per heavy atom. The first-order chi connectivity index (χ1) is 20.2. The van der Waals surface area contributed by atoms with Crippen molar-refractivity contribution in [3.05, 3.63) is 0 Å². The van der Waals surface area contributed by atoms with Gasteiger partial charge in [-0.05, 0) is 6.42 Å². The van der Waals surface area contributed by atoms with Gasteiger partial charge >= 0.3 is 23.5 Å². The highest BCUT2D eigenvalue weighted by atomic mass is 16.8. The van der Waals surface area contributed by atoms with Gasteiger partial charge in [0.15, 0.2) is 18.9 Å². The van der Waals surface area contributed by atoms with Crippen LogP contribution in [0.4, 0.5) is 0 Å². The molecule has 0 radical (unpaired) electrons. The molecular formula is C23H39N3O17. The maximum Gasteiger partial charge on any atom is 0.308 e. The fourth-order valence-electron chi connectivity index (χ4n) is 5.32. The fourth-order valence-corrected chi connectivity index (χ4v) is 5.32. The van der Waals surface area contributed by atoms with Gasteiger partial charge in [-0.25, -0.2) is 0 Å². The molecule has 0 spiro atoms. The Morgan fingerprint density at radius 3 is 1.88 bits per heavy atom. The Hall–Kier alpha value is -1.70. The van der Waals surface area contributed by atoms with Gasteiger partial charge in [-0.15, -0.1) is 0 Å². The predicted octanol–water partition coefficient (Wildman–Crippen LogP) is -7.75. The lowest BCUT2D eigenvalue weighted by molar-refractivity contribution is -0.466. The Balaban J connectivity index is 1.55. The zero-order valence-electron chi connectivity index (χ0n) is 22.7. The van der Waals surface area contributed by atoms with Crippen LogP contribution in [-0.2, 0) is 42.7 Å². The number of rotatable bonds is 7. The maximum atomic E-state index is 12.4. The number of hydrogen-bond donors (Lipinski definition) is 11. The Kier molecular flexibility index (Phi) is 10.6. The lowest BCUT2D eigenvalue weighted by Crippen LogP contribution is -2.78. The number of nitrogens with two attached hydrogens (primary N) is 3. The monoisotopic (exact) mass is 629 g/mol. The molecule has 43 heavy (non-hydrogen) atoms. The van der Waals surface area contributed by atoms with E-state index in [0.717, 1.165) is 0 Å². The average molecular weight is 630 g/mol. The van der Waals surface area contributed by atoms with Crippen molar-refractivity contribution in [1.29, 1.82) is 0 Å². The van der Waals surface area contributed by atoms with Gasteiger partial charge in [0.1, 0.15) is 49.3 Å². The van der Waals surface area contributed by atoms with Gasteiger partial charge in [0.25, 0.3) is 0 Å². The number of fused-ring (bicyclic) bond motifs is 1. The van der Waals surface area contributed by atoms with Gasteiger partial charge in [0.2, 0.25) is 0 Å². The van der Waals surface area contributed by atoms with Crippen molar-refractivity contribution in [2.75, 3.05) is 19.8 Å². The van der Waals surface area contributed by atoms with E-state index in [2.05, 4.69) is 0 Å². The highest BCUT2D eigenvalue weighted by Crippen LogP contribution is 2.42. The van der Waals surface area contributed by atoms with E-state index in [1.165, 1.54) is 0 Å². The number of carbonyl (C=O) groups excluding carboxylic acids is 2. The SMILES string of the molecule is N[C@H]1[C@@H](OC2[C@@H](CO)O[C@@H](OC3[C@@H](CO)O[C@@H](O)[C@H](N)[C@H]3O)[C@H](N)[C@H]2O)O[C@]2(CO)OC(=O)CCCC(=O)O[C@@]2(O)[C@@H]1O. The summed E-state index contributed by atoms with van der Waals surface area (Å²) in [5.74, 6) is -8.22. The van der Waals surface area contributed by atoms with E-state index in [1.807, 2.05) is 0 Å². The summed E-state index contributed by atoms with van der Waals surface area (Å²) in [4.78, 5) is 24.7. The third kappa shape index (κ3) is 6.24. The van der Waals surface area contributed by atoms with E-state index in [1.54, 1.807) is 0 Å². The van der Waals surface area contributed by atoms with Crippen LogP contribution in [0.25, 0.3) is 0 Å². The molecule has 4 saturated heterocycles. The molecule has 248 valence electrons. The predicted molar refractivity (Wildman–Crippen MR) is 131 cm³/mol. The molecule has 0 saturated carbocycles. The van der Waals surface area contributed by atoms with Gasteiger partial charge in [-0.2, -0.15) is 0 Å². The molecule has 15 atom stereocenters. The number of aliphatic hydroxyl groups excluding tert-OH is 7. The standard InChI is InChI=1S/C23H39N3O17/c24-11-14(32)16(7(4-27)37-19(11)35)39-20-12(25)15(33)17(8(5-28)38-20)40-21-13(26)18(34)23(36)22(6-29,43-21)41-9(30)2-1-3-10(31)42-23/h7-8,11-21,27-29,32-36H,1-6,24-26H2/t7-,8-,11-,12-,13-,14-,15-,16?,17?,18-,19-,20+,21+,22+,23+/m1/s1. The molecule has 20 heteroatoms. The van der Waals surface area contributed by atoms with E-state index < -0.39 is 123 Å². The second-order valence-corrected chi connectivity index (χ2v) is 10.7. The molecule has 2 unspecified atom stereocenters. The van der Waals surface area contributed by atoms with Crippen molar-refractivity contribution in [3.8, 4) is 0 Å². The third-order valence-corrected chi connectivity index (χ3v) is 7.85. The first kappa shape index (κ1) is 34.2. The summed E-state index contributed by atoms with van der Waals surface area (Å²) in [5.41, 5.74) is 17.9. The second-order valence-electron chi connectivity index (χ2n) is 10.7. The van der Waals surface area contributed by atoms with Gasteiger partial charge in [-0.1, -0.05) is 0 Å². The van der Waals surface area contributed by atoms with Crippen LogP contribution in [-0.4, -0.2) is 164 Å². The molecular weight excluding hydrogens is 590 g/mol. The molecule has 4 fully saturated rings. The van der Waals surface area contributed by atoms with E-state index >= 15 is 0 Å². The van der Waals surface area contributed by atoms with E-state index in [0.29, 0.717) is 0 Å². The topological polar surface area (TPSA) is 339 Å². The van der Waals surface area contributed by atoms with Crippen LogP contribution in [0.2, 0.25) is 0 Å². The molecule has 4 aliphatic rings. The van der Waals surface area contributed by atoms with Crippen molar-refractivity contribution in [3.63, 3.8) is 0 Å². The summed E-state index contributed by atoms with van der Waals surface area (Å²) in [5, 5.41) is 83.4. The van der Waals surface area contributed by atoms with Crippen molar-refractivity contribution >= 4 is 11.9 Å². The smallest absolute Gasteiger partial charge is 0.308 e. The summed E-state index contributed by atoms with van der Waals surface area (Å²) < 4.78 is 37.9. The van der Waals surface area contributed by atoms with Crippen LogP contribution < -0.4 is 17.2 Å². The lowest BCUT2D eigenvalue weighted by Gasteiger charge is -2.53. The normalized spacial score (nSPS) is 49.6. The lowest BCUT2D eigenvalue weighted by atomic mass is 9.90. The first-order valence-corrected chi connectivity index (χ1v) is 13.5. The summed E-state index contributed by atoms with van der Waals surface area (Å²) >= 11 is 0. The van der Waals surface area contributed by atoms with Gasteiger partial charge in [0, 0.05) is 12.8 Å². The molecule has 14 N–H and O–H groups in total. The van der Waals surface area contributed by atoms with Crippen LogP contribution in [0.1, 0.15) is 19.3 Å². The van der Waals surface area contributed by atoms with Crippen LogP contribution in [0.3, 0.4) is 0 Å². The van der Waals surface area contributed by atoms with Crippen molar-refractivity contribution in [2.24, 2.45) is 17.2 Å². The molecule has 0 aliphatic carbocycles. The summed E-state index contributed by atoms with van der Waals surface area (Å²) in [7, 11) is 0. The van der Waals surface area contributed by atoms with Gasteiger partial charge < -0.3 is 91.2 Å². The zero-order chi connectivity index (χ0) is 31.9. The first-order valence-electron chi connectivity index (χ1n) is 13.5. The molecule has 0 aromatic carbocycles. The molecule has 0 aromatic heterocycles. The molecule has 0 bridgehead atoms. The molecule has 0 amide bonds. The van der Waals surface area contributed by atoms with Gasteiger partial charge in [-0.3, -0.25) is 9.59 Å². The number of esters is 2. The summed E-state index contributed by atoms with van der Waals surface area (Å²) in [6.45, 7) is -2.93. The van der Waals surface area contributed by atoms with Crippen LogP contribution in [0, 0.1) is 0 Å². The second kappa shape index (κ2) is 13.3. The highest BCUT2D eigenvalue weighted by molar-refractivity contribution is 5.74. The van der Waals surface area contributed by atoms with Crippen LogP contribution in [0.15, 0.2) is 0 Å². The molecule has 4 heterocycles. The highest BCUT2D eigenvalue weighted by Gasteiger charge is 2.70. The minimum Gasteiger partial charge on any atom is -0.423 e. The van der Waals surface area contributed by atoms with E-state index in [-0.39, 0.29) is 19.3 Å². The van der Waals surface area contributed by atoms with Crippen molar-refractivity contribution in [1.82, 2.24) is 0 Å². The molecule has 20 nitrogen and oxygen atoms in total. The summed E-state index contributed by atoms with van der Waals surface area (Å²) in [6, 6.07) is -4.64. The number of hydrogen-bond acceptors (Lipinski definition) is 20. The van der Waals surface area contributed by atoms with Gasteiger partial charge in [0.05, 0.1) is 31.3 Å². The maximum absolute atomic E-state index is 12.4. The van der Waals surface area contributed by atoms with E-state index in [4.69, 9.17) is 50.4 Å². The Bertz CT molecular complexity index is 993. The molecule has 0 aromatic rings. The largest absolute Gasteiger partial charge is 0.423 e.